The average Bonchev–Trinajstić information content (AvgIpc) is 2.53. The predicted octanol–water partition coefficient (Wildman–Crippen LogP) is 1.59. The summed E-state index contributed by atoms with van der Waals surface area (Å²) in [6.45, 7) is 0.336. The Morgan fingerprint density at radius 1 is 1.05 bits per heavy atom. The summed E-state index contributed by atoms with van der Waals surface area (Å²) in [4.78, 5) is 27.5. The number of hydrogen-bond acceptors (Lipinski definition) is 4. The maximum atomic E-state index is 12.0. The molecule has 20 heavy (non-hydrogen) atoms. The Morgan fingerprint density at radius 2 is 1.80 bits per heavy atom. The molecule has 0 fully saturated rings. The topological polar surface area (TPSA) is 71.1 Å². The quantitative estimate of drug-likeness (QED) is 0.748. The smallest absolute Gasteiger partial charge is 0.260 e. The highest BCUT2D eigenvalue weighted by molar-refractivity contribution is 7.78. The number of thiol groups is 1. The third-order valence-electron chi connectivity index (χ3n) is 2.64. The van der Waals surface area contributed by atoms with Gasteiger partial charge in [-0.25, -0.2) is 0 Å². The lowest BCUT2D eigenvalue weighted by Crippen LogP contribution is -2.24. The minimum atomic E-state index is -0.354. The molecule has 0 aliphatic heterocycles. The molecule has 0 atom stereocenters. The van der Waals surface area contributed by atoms with Gasteiger partial charge in [0, 0.05) is 17.3 Å². The minimum absolute atomic E-state index is 0.260. The van der Waals surface area contributed by atoms with Crippen LogP contribution in [-0.4, -0.2) is 16.8 Å². The molecule has 2 rings (SSSR count). The number of nitrogens with zero attached hydrogens (tertiary/aromatic N) is 1. The van der Waals surface area contributed by atoms with Gasteiger partial charge >= 0.3 is 0 Å². The van der Waals surface area contributed by atoms with Crippen LogP contribution in [0.1, 0.15) is 26.4 Å². The van der Waals surface area contributed by atoms with Crippen molar-refractivity contribution >= 4 is 24.6 Å². The first-order valence-corrected chi connectivity index (χ1v) is 6.38. The summed E-state index contributed by atoms with van der Waals surface area (Å²) in [5, 5.41) is 2.75. The van der Waals surface area contributed by atoms with Gasteiger partial charge in [-0.1, -0.05) is 24.9 Å². The molecule has 0 spiro atoms. The lowest BCUT2D eigenvalue weighted by Gasteiger charge is -2.06. The molecule has 2 N–H and O–H groups in total. The summed E-state index contributed by atoms with van der Waals surface area (Å²) in [5.41, 5.74) is 1.56. The van der Waals surface area contributed by atoms with E-state index in [-0.39, 0.29) is 11.8 Å². The Morgan fingerprint density at radius 3 is 2.45 bits per heavy atom. The van der Waals surface area contributed by atoms with Crippen molar-refractivity contribution in [1.82, 2.24) is 15.0 Å². The molecule has 1 aromatic heterocycles. The molecule has 0 bridgehead atoms. The molecular formula is C14H13N3O2S. The number of rotatable bonds is 4. The van der Waals surface area contributed by atoms with Gasteiger partial charge in [-0.2, -0.15) is 0 Å². The number of benzene rings is 1. The number of nitrogens with one attached hydrogen (secondary N) is 2. The molecule has 1 heterocycles. The van der Waals surface area contributed by atoms with Crippen molar-refractivity contribution in [2.45, 2.75) is 6.54 Å². The second-order valence-electron chi connectivity index (χ2n) is 4.03. The number of hydrogen-bond donors (Lipinski definition) is 3. The second-order valence-corrected chi connectivity index (χ2v) is 4.25. The van der Waals surface area contributed by atoms with Crippen molar-refractivity contribution in [3.63, 3.8) is 0 Å². The molecule has 0 radical (unpaired) electrons. The predicted molar refractivity (Wildman–Crippen MR) is 78.3 cm³/mol. The fraction of sp³-hybridized carbons (Fsp3) is 0.0714. The molecule has 0 saturated carbocycles. The van der Waals surface area contributed by atoms with E-state index >= 15 is 0 Å². The van der Waals surface area contributed by atoms with Crippen molar-refractivity contribution in [3.05, 3.63) is 65.5 Å². The molecule has 0 aliphatic carbocycles. The molecule has 102 valence electrons. The first kappa shape index (κ1) is 14.1. The molecule has 0 saturated heterocycles. The molecule has 5 nitrogen and oxygen atoms in total. The van der Waals surface area contributed by atoms with Crippen LogP contribution in [0.5, 0.6) is 0 Å². The maximum absolute atomic E-state index is 12.0. The molecule has 0 unspecified atom stereocenters. The summed E-state index contributed by atoms with van der Waals surface area (Å²) < 4.78 is 2.22. The third kappa shape index (κ3) is 3.58. The highest BCUT2D eigenvalue weighted by Gasteiger charge is 2.09. The van der Waals surface area contributed by atoms with E-state index in [4.69, 9.17) is 0 Å². The molecule has 2 amide bonds. The van der Waals surface area contributed by atoms with Crippen molar-refractivity contribution in [1.29, 1.82) is 0 Å². The molecular weight excluding hydrogens is 274 g/mol. The zero-order chi connectivity index (χ0) is 14.4. The van der Waals surface area contributed by atoms with Crippen LogP contribution in [0.3, 0.4) is 0 Å². The summed E-state index contributed by atoms with van der Waals surface area (Å²) in [7, 11) is 0. The van der Waals surface area contributed by atoms with Gasteiger partial charge in [0.1, 0.15) is 0 Å². The van der Waals surface area contributed by atoms with Crippen LogP contribution >= 0.6 is 12.8 Å². The van der Waals surface area contributed by atoms with E-state index in [0.717, 1.165) is 5.69 Å². The average molecular weight is 287 g/mol. The largest absolute Gasteiger partial charge is 0.346 e. The van der Waals surface area contributed by atoms with Gasteiger partial charge in [0.25, 0.3) is 11.8 Å². The number of carbonyl (C=O) groups is 2. The Bertz CT molecular complexity index is 617. The van der Waals surface area contributed by atoms with E-state index in [9.17, 15) is 9.59 Å². The highest BCUT2D eigenvalue weighted by atomic mass is 32.1. The molecule has 0 aliphatic rings. The van der Waals surface area contributed by atoms with Crippen molar-refractivity contribution in [2.75, 3.05) is 0 Å². The normalized spacial score (nSPS) is 9.85. The highest BCUT2D eigenvalue weighted by Crippen LogP contribution is 2.06. The second kappa shape index (κ2) is 6.72. The molecule has 6 heteroatoms. The lowest BCUT2D eigenvalue weighted by atomic mass is 10.1. The van der Waals surface area contributed by atoms with Gasteiger partial charge in [-0.15, -0.1) is 0 Å². The van der Waals surface area contributed by atoms with E-state index in [1.165, 1.54) is 6.07 Å². The SMILES string of the molecule is O=C(NS)c1cccc(C(=O)NCc2ccccn2)c1. The fourth-order valence-electron chi connectivity index (χ4n) is 1.64. The Balaban J connectivity index is 2.04. The first-order chi connectivity index (χ1) is 9.70. The van der Waals surface area contributed by atoms with Crippen molar-refractivity contribution in [2.24, 2.45) is 0 Å². The number of pyridine rings is 1. The monoisotopic (exact) mass is 287 g/mol. The van der Waals surface area contributed by atoms with E-state index in [2.05, 4.69) is 27.8 Å². The summed E-state index contributed by atoms with van der Waals surface area (Å²) in [5.74, 6) is -0.614. The lowest BCUT2D eigenvalue weighted by molar-refractivity contribution is 0.0950. The van der Waals surface area contributed by atoms with Crippen LogP contribution in [0.2, 0.25) is 0 Å². The number of carbonyl (C=O) groups excluding carboxylic acids is 2. The first-order valence-electron chi connectivity index (χ1n) is 5.93. The minimum Gasteiger partial charge on any atom is -0.346 e. The third-order valence-corrected chi connectivity index (χ3v) is 2.85. The van der Waals surface area contributed by atoms with Crippen LogP contribution < -0.4 is 10.0 Å². The van der Waals surface area contributed by atoms with E-state index in [1.54, 1.807) is 24.4 Å². The summed E-state index contributed by atoms with van der Waals surface area (Å²) in [6, 6.07) is 11.9. The number of aromatic nitrogens is 1. The van der Waals surface area contributed by atoms with E-state index in [1.807, 2.05) is 18.2 Å². The van der Waals surface area contributed by atoms with Crippen LogP contribution in [0.15, 0.2) is 48.7 Å². The zero-order valence-electron chi connectivity index (χ0n) is 10.5. The Hall–Kier alpha value is -2.34. The van der Waals surface area contributed by atoms with Gasteiger partial charge < -0.3 is 5.32 Å². The van der Waals surface area contributed by atoms with E-state index in [0.29, 0.717) is 17.7 Å². The van der Waals surface area contributed by atoms with Gasteiger partial charge in [-0.05, 0) is 30.3 Å². The van der Waals surface area contributed by atoms with Gasteiger partial charge in [-0.3, -0.25) is 19.3 Å². The Kier molecular flexibility index (Phi) is 4.73. The zero-order valence-corrected chi connectivity index (χ0v) is 11.4. The van der Waals surface area contributed by atoms with Crippen molar-refractivity contribution < 1.29 is 9.59 Å². The maximum Gasteiger partial charge on any atom is 0.260 e. The van der Waals surface area contributed by atoms with Gasteiger partial charge in [0.2, 0.25) is 0 Å². The summed E-state index contributed by atoms with van der Waals surface area (Å²) >= 11 is 3.69. The van der Waals surface area contributed by atoms with Gasteiger partial charge in [0.15, 0.2) is 0 Å². The van der Waals surface area contributed by atoms with Crippen LogP contribution in [0.25, 0.3) is 0 Å². The standard InChI is InChI=1S/C14H13N3O2S/c18-13(16-9-12-6-1-2-7-15-12)10-4-3-5-11(8-10)14(19)17-20/h1-8,20H,9H2,(H,16,18)(H,17,19). The number of amides is 2. The van der Waals surface area contributed by atoms with Crippen LogP contribution in [0, 0.1) is 0 Å². The molecule has 2 aromatic rings. The van der Waals surface area contributed by atoms with Gasteiger partial charge in [0.05, 0.1) is 12.2 Å². The van der Waals surface area contributed by atoms with Crippen LogP contribution in [-0.2, 0) is 6.54 Å². The fourth-order valence-corrected chi connectivity index (χ4v) is 1.77. The van der Waals surface area contributed by atoms with Crippen molar-refractivity contribution in [3.8, 4) is 0 Å². The van der Waals surface area contributed by atoms with Crippen LogP contribution in [0.4, 0.5) is 0 Å². The summed E-state index contributed by atoms with van der Waals surface area (Å²) in [6.07, 6.45) is 1.67. The van der Waals surface area contributed by atoms with E-state index < -0.39 is 0 Å². The Labute approximate surface area is 122 Å². The molecule has 1 aromatic carbocycles.